The maximum Gasteiger partial charge on any atom is 0.261 e. The fourth-order valence-corrected chi connectivity index (χ4v) is 2.12. The van der Waals surface area contributed by atoms with Crippen LogP contribution in [-0.4, -0.2) is 24.6 Å². The summed E-state index contributed by atoms with van der Waals surface area (Å²) in [6, 6.07) is 8.64. The van der Waals surface area contributed by atoms with Crippen LogP contribution in [0.1, 0.15) is 5.56 Å². The van der Waals surface area contributed by atoms with Crippen LogP contribution in [0.5, 0.6) is 11.5 Å². The minimum absolute atomic E-state index is 0.175. The Morgan fingerprint density at radius 3 is 2.48 bits per heavy atom. The zero-order chi connectivity index (χ0) is 15.6. The summed E-state index contributed by atoms with van der Waals surface area (Å²) in [5.41, 5.74) is 6.68. The van der Waals surface area contributed by atoms with Crippen LogP contribution in [0, 0.1) is 5.41 Å². The van der Waals surface area contributed by atoms with Crippen molar-refractivity contribution >= 4 is 5.84 Å². The number of nitrogens with one attached hydrogen (secondary N) is 1. The lowest BCUT2D eigenvalue weighted by Crippen LogP contribution is -2.28. The molecule has 0 aliphatic heterocycles. The molecule has 1 aromatic heterocycles. The van der Waals surface area contributed by atoms with Gasteiger partial charge in [0.25, 0.3) is 5.56 Å². The number of ether oxygens (including phenoxy) is 2. The predicted octanol–water partition coefficient (Wildman–Crippen LogP) is 1.35. The molecule has 0 spiro atoms. The first-order valence-electron chi connectivity index (χ1n) is 6.26. The second-order valence-electron chi connectivity index (χ2n) is 4.48. The minimum Gasteiger partial charge on any atom is -0.497 e. The third-order valence-electron chi connectivity index (χ3n) is 3.28. The second kappa shape index (κ2) is 5.70. The number of amidine groups is 1. The van der Waals surface area contributed by atoms with Crippen molar-refractivity contribution < 1.29 is 9.47 Å². The summed E-state index contributed by atoms with van der Waals surface area (Å²) in [6.45, 7) is 0. The molecule has 0 saturated heterocycles. The molecule has 3 N–H and O–H groups in total. The van der Waals surface area contributed by atoms with Crippen molar-refractivity contribution in [1.29, 1.82) is 5.41 Å². The standard InChI is InChI=1S/C15H17N3O3/c1-18-12(7-6-11(14(16)17)15(18)19)10-5-4-9(20-2)8-13(10)21-3/h4-8H,1-3H3,(H3,16,17). The Labute approximate surface area is 122 Å². The quantitative estimate of drug-likeness (QED) is 0.656. The van der Waals surface area contributed by atoms with Gasteiger partial charge in [0, 0.05) is 18.7 Å². The Morgan fingerprint density at radius 2 is 1.90 bits per heavy atom. The molecule has 1 heterocycles. The summed E-state index contributed by atoms with van der Waals surface area (Å²) >= 11 is 0. The fourth-order valence-electron chi connectivity index (χ4n) is 2.12. The molecular formula is C15H17N3O3. The summed E-state index contributed by atoms with van der Waals surface area (Å²) in [4.78, 5) is 12.2. The van der Waals surface area contributed by atoms with Crippen molar-refractivity contribution in [3.05, 3.63) is 46.2 Å². The van der Waals surface area contributed by atoms with Crippen molar-refractivity contribution in [2.45, 2.75) is 0 Å². The van der Waals surface area contributed by atoms with Gasteiger partial charge in [0.1, 0.15) is 17.3 Å². The van der Waals surface area contributed by atoms with Gasteiger partial charge in [0.15, 0.2) is 0 Å². The van der Waals surface area contributed by atoms with Crippen LogP contribution in [-0.2, 0) is 7.05 Å². The molecule has 0 aliphatic carbocycles. The van der Waals surface area contributed by atoms with Crippen molar-refractivity contribution in [2.75, 3.05) is 14.2 Å². The molecule has 6 nitrogen and oxygen atoms in total. The number of rotatable bonds is 4. The second-order valence-corrected chi connectivity index (χ2v) is 4.48. The van der Waals surface area contributed by atoms with Crippen LogP contribution in [0.25, 0.3) is 11.3 Å². The van der Waals surface area contributed by atoms with Crippen molar-refractivity contribution in [1.82, 2.24) is 4.57 Å². The van der Waals surface area contributed by atoms with Gasteiger partial charge in [-0.05, 0) is 24.3 Å². The number of methoxy groups -OCH3 is 2. The molecule has 6 heteroatoms. The minimum atomic E-state index is -0.321. The number of nitrogen functional groups attached to an aromatic ring is 1. The van der Waals surface area contributed by atoms with Crippen molar-refractivity contribution in [3.8, 4) is 22.8 Å². The number of nitrogens with two attached hydrogens (primary N) is 1. The average Bonchev–Trinajstić information content (AvgIpc) is 2.49. The molecule has 0 radical (unpaired) electrons. The summed E-state index contributed by atoms with van der Waals surface area (Å²) in [5.74, 6) is 1.02. The number of pyridine rings is 1. The number of benzene rings is 1. The van der Waals surface area contributed by atoms with Gasteiger partial charge in [-0.15, -0.1) is 0 Å². The maximum absolute atomic E-state index is 12.2. The monoisotopic (exact) mass is 287 g/mol. The molecular weight excluding hydrogens is 270 g/mol. The molecule has 21 heavy (non-hydrogen) atoms. The maximum atomic E-state index is 12.2. The van der Waals surface area contributed by atoms with Gasteiger partial charge in [-0.1, -0.05) is 0 Å². The number of nitrogens with zero attached hydrogens (tertiary/aromatic N) is 1. The molecule has 0 amide bonds. The number of aromatic nitrogens is 1. The van der Waals surface area contributed by atoms with Crippen molar-refractivity contribution in [2.24, 2.45) is 12.8 Å². The summed E-state index contributed by atoms with van der Waals surface area (Å²) in [5, 5.41) is 7.40. The third kappa shape index (κ3) is 2.60. The first-order valence-corrected chi connectivity index (χ1v) is 6.26. The average molecular weight is 287 g/mol. The SMILES string of the molecule is COc1ccc(-c2ccc(C(=N)N)c(=O)n2C)c(OC)c1. The van der Waals surface area contributed by atoms with Crippen LogP contribution < -0.4 is 20.8 Å². The molecule has 0 fully saturated rings. The van der Waals surface area contributed by atoms with E-state index in [1.165, 1.54) is 4.57 Å². The number of hydrogen-bond donors (Lipinski definition) is 2. The van der Waals surface area contributed by atoms with Gasteiger partial charge in [0.2, 0.25) is 0 Å². The molecule has 2 rings (SSSR count). The first-order chi connectivity index (χ1) is 9.99. The van der Waals surface area contributed by atoms with Crippen LogP contribution in [0.2, 0.25) is 0 Å². The van der Waals surface area contributed by atoms with Gasteiger partial charge in [-0.2, -0.15) is 0 Å². The predicted molar refractivity (Wildman–Crippen MR) is 81.2 cm³/mol. The first kappa shape index (κ1) is 14.6. The van der Waals surface area contributed by atoms with Crippen LogP contribution >= 0.6 is 0 Å². The van der Waals surface area contributed by atoms with E-state index in [2.05, 4.69) is 0 Å². The Balaban J connectivity index is 2.65. The normalized spacial score (nSPS) is 10.2. The van der Waals surface area contributed by atoms with E-state index in [0.717, 1.165) is 5.56 Å². The Hall–Kier alpha value is -2.76. The van der Waals surface area contributed by atoms with Gasteiger partial charge in [-0.3, -0.25) is 10.2 Å². The van der Waals surface area contributed by atoms with E-state index in [1.54, 1.807) is 45.5 Å². The topological polar surface area (TPSA) is 90.3 Å². The molecule has 110 valence electrons. The van der Waals surface area contributed by atoms with Crippen LogP contribution in [0.4, 0.5) is 0 Å². The highest BCUT2D eigenvalue weighted by Gasteiger charge is 2.13. The zero-order valence-electron chi connectivity index (χ0n) is 12.1. The highest BCUT2D eigenvalue weighted by Crippen LogP contribution is 2.32. The van der Waals surface area contributed by atoms with E-state index in [0.29, 0.717) is 17.2 Å². The van der Waals surface area contributed by atoms with Gasteiger partial charge >= 0.3 is 0 Å². The molecule has 2 aromatic rings. The van der Waals surface area contributed by atoms with E-state index in [9.17, 15) is 4.79 Å². The molecule has 0 atom stereocenters. The Kier molecular flexibility index (Phi) is 3.98. The Morgan fingerprint density at radius 1 is 1.19 bits per heavy atom. The van der Waals surface area contributed by atoms with Gasteiger partial charge in [0.05, 0.1) is 25.5 Å². The largest absolute Gasteiger partial charge is 0.497 e. The number of hydrogen-bond acceptors (Lipinski definition) is 4. The summed E-state index contributed by atoms with van der Waals surface area (Å²) in [6.07, 6.45) is 0. The van der Waals surface area contributed by atoms with Gasteiger partial charge < -0.3 is 19.8 Å². The van der Waals surface area contributed by atoms with E-state index in [-0.39, 0.29) is 17.0 Å². The van der Waals surface area contributed by atoms with E-state index in [1.807, 2.05) is 6.07 Å². The Bertz CT molecular complexity index is 750. The lowest BCUT2D eigenvalue weighted by Gasteiger charge is -2.14. The van der Waals surface area contributed by atoms with E-state index >= 15 is 0 Å². The fraction of sp³-hybridized carbons (Fsp3) is 0.200. The molecule has 0 saturated carbocycles. The smallest absolute Gasteiger partial charge is 0.261 e. The molecule has 0 bridgehead atoms. The third-order valence-corrected chi connectivity index (χ3v) is 3.28. The van der Waals surface area contributed by atoms with E-state index in [4.69, 9.17) is 20.6 Å². The van der Waals surface area contributed by atoms with Crippen molar-refractivity contribution in [3.63, 3.8) is 0 Å². The van der Waals surface area contributed by atoms with Gasteiger partial charge in [-0.25, -0.2) is 0 Å². The summed E-state index contributed by atoms with van der Waals surface area (Å²) < 4.78 is 12.0. The van der Waals surface area contributed by atoms with E-state index < -0.39 is 0 Å². The highest BCUT2D eigenvalue weighted by atomic mass is 16.5. The lowest BCUT2D eigenvalue weighted by molar-refractivity contribution is 0.395. The molecule has 0 unspecified atom stereocenters. The summed E-state index contributed by atoms with van der Waals surface area (Å²) in [7, 11) is 4.76. The van der Waals surface area contributed by atoms with Crippen LogP contribution in [0.15, 0.2) is 35.1 Å². The molecule has 0 aliphatic rings. The zero-order valence-corrected chi connectivity index (χ0v) is 12.1. The lowest BCUT2D eigenvalue weighted by atomic mass is 10.1. The highest BCUT2D eigenvalue weighted by molar-refractivity contribution is 5.94. The molecule has 1 aromatic carbocycles. The van der Waals surface area contributed by atoms with Crippen LogP contribution in [0.3, 0.4) is 0 Å².